The molecular weight excluding hydrogens is 134 g/mol. The average Bonchev–Trinajstić information content (AvgIpc) is 2.07. The van der Waals surface area contributed by atoms with Gasteiger partial charge in [0, 0.05) is 6.04 Å². The Morgan fingerprint density at radius 1 is 1.36 bits per heavy atom. The Balaban J connectivity index is 2.61. The summed E-state index contributed by atoms with van der Waals surface area (Å²) in [5.41, 5.74) is 7.04. The van der Waals surface area contributed by atoms with Crippen LogP contribution in [0.25, 0.3) is 0 Å². The van der Waals surface area contributed by atoms with Gasteiger partial charge in [-0.15, -0.1) is 0 Å². The Kier molecular flexibility index (Phi) is 3.12. The summed E-state index contributed by atoms with van der Waals surface area (Å²) in [7, 11) is 0. The number of benzene rings is 1. The van der Waals surface area contributed by atoms with Crippen LogP contribution in [0.15, 0.2) is 30.3 Å². The smallest absolute Gasteiger partial charge is 0.0326 e. The van der Waals surface area contributed by atoms with Crippen LogP contribution >= 0.6 is 0 Å². The van der Waals surface area contributed by atoms with Crippen LogP contribution in [0.1, 0.15) is 24.9 Å². The van der Waals surface area contributed by atoms with Crippen molar-refractivity contribution < 1.29 is 0 Å². The molecule has 1 heteroatoms. The van der Waals surface area contributed by atoms with Gasteiger partial charge < -0.3 is 5.73 Å². The van der Waals surface area contributed by atoms with E-state index in [9.17, 15) is 0 Å². The Hall–Kier alpha value is -0.820. The van der Waals surface area contributed by atoms with Gasteiger partial charge in [-0.3, -0.25) is 0 Å². The zero-order chi connectivity index (χ0) is 8.10. The molecule has 1 atom stereocenters. The van der Waals surface area contributed by atoms with Crippen molar-refractivity contribution in [1.82, 2.24) is 0 Å². The highest BCUT2D eigenvalue weighted by atomic mass is 14.6. The summed E-state index contributed by atoms with van der Waals surface area (Å²) in [6, 6.07) is 10.2. The highest BCUT2D eigenvalue weighted by Crippen LogP contribution is 2.13. The molecule has 1 unspecified atom stereocenters. The first kappa shape index (κ1) is 8.28. The zero-order valence-corrected chi connectivity index (χ0v) is 6.83. The summed E-state index contributed by atoms with van der Waals surface area (Å²) < 4.78 is 0. The zero-order valence-electron chi connectivity index (χ0n) is 6.83. The lowest BCUT2D eigenvalue weighted by atomic mass is 10.0. The van der Waals surface area contributed by atoms with Gasteiger partial charge in [0.05, 0.1) is 0 Å². The molecule has 1 radical (unpaired) electrons. The summed E-state index contributed by atoms with van der Waals surface area (Å²) in [5.74, 6) is 0. The van der Waals surface area contributed by atoms with Gasteiger partial charge in [-0.2, -0.15) is 0 Å². The van der Waals surface area contributed by atoms with Gasteiger partial charge in [0.15, 0.2) is 0 Å². The molecule has 0 bridgehead atoms. The van der Waals surface area contributed by atoms with Crippen molar-refractivity contribution in [3.05, 3.63) is 42.3 Å². The molecule has 11 heavy (non-hydrogen) atoms. The standard InChI is InChI=1S/C10H14N/c1-2-6-10(11)9-7-4-3-5-8-9/h3-8,10H,2,11H2,1H3. The van der Waals surface area contributed by atoms with Gasteiger partial charge in [-0.25, -0.2) is 0 Å². The second-order valence-corrected chi connectivity index (χ2v) is 2.58. The Morgan fingerprint density at radius 2 is 2.00 bits per heavy atom. The van der Waals surface area contributed by atoms with E-state index in [0.717, 1.165) is 6.42 Å². The molecule has 0 heterocycles. The highest BCUT2D eigenvalue weighted by molar-refractivity contribution is 5.20. The third kappa shape index (κ3) is 2.35. The maximum atomic E-state index is 5.85. The lowest BCUT2D eigenvalue weighted by molar-refractivity contribution is 0.792. The summed E-state index contributed by atoms with van der Waals surface area (Å²) in [6.07, 6.45) is 3.13. The molecule has 59 valence electrons. The van der Waals surface area contributed by atoms with Crippen LogP contribution in [0.5, 0.6) is 0 Å². The van der Waals surface area contributed by atoms with Crippen molar-refractivity contribution in [2.45, 2.75) is 19.4 Å². The van der Waals surface area contributed by atoms with Crippen molar-refractivity contribution in [2.75, 3.05) is 0 Å². The fraction of sp³-hybridized carbons (Fsp3) is 0.300. The maximum Gasteiger partial charge on any atom is 0.0326 e. The molecule has 1 rings (SSSR count). The molecule has 0 spiro atoms. The quantitative estimate of drug-likeness (QED) is 0.699. The molecule has 0 aliphatic rings. The predicted octanol–water partition coefficient (Wildman–Crippen LogP) is 2.30. The minimum absolute atomic E-state index is 0.0983. The van der Waals surface area contributed by atoms with Crippen molar-refractivity contribution in [3.63, 3.8) is 0 Å². The van der Waals surface area contributed by atoms with E-state index in [1.165, 1.54) is 5.56 Å². The van der Waals surface area contributed by atoms with Gasteiger partial charge >= 0.3 is 0 Å². The first-order valence-electron chi connectivity index (χ1n) is 3.98. The Morgan fingerprint density at radius 3 is 2.55 bits per heavy atom. The van der Waals surface area contributed by atoms with Crippen molar-refractivity contribution >= 4 is 0 Å². The summed E-state index contributed by atoms with van der Waals surface area (Å²) in [5, 5.41) is 0. The van der Waals surface area contributed by atoms with Crippen LogP contribution in [0, 0.1) is 6.42 Å². The molecule has 1 aromatic carbocycles. The van der Waals surface area contributed by atoms with E-state index in [2.05, 4.69) is 25.5 Å². The van der Waals surface area contributed by atoms with Crippen LogP contribution < -0.4 is 5.73 Å². The fourth-order valence-electron chi connectivity index (χ4n) is 1.07. The molecule has 0 aliphatic heterocycles. The normalized spacial score (nSPS) is 12.9. The van der Waals surface area contributed by atoms with E-state index in [-0.39, 0.29) is 6.04 Å². The lowest BCUT2D eigenvalue weighted by Crippen LogP contribution is -2.09. The lowest BCUT2D eigenvalue weighted by Gasteiger charge is -2.08. The minimum atomic E-state index is 0.0983. The van der Waals surface area contributed by atoms with Gasteiger partial charge in [-0.1, -0.05) is 43.7 Å². The van der Waals surface area contributed by atoms with Crippen LogP contribution in [0.4, 0.5) is 0 Å². The summed E-state index contributed by atoms with van der Waals surface area (Å²) in [4.78, 5) is 0. The maximum absolute atomic E-state index is 5.85. The van der Waals surface area contributed by atoms with E-state index in [1.807, 2.05) is 18.2 Å². The van der Waals surface area contributed by atoms with Crippen molar-refractivity contribution in [1.29, 1.82) is 0 Å². The van der Waals surface area contributed by atoms with E-state index >= 15 is 0 Å². The van der Waals surface area contributed by atoms with E-state index < -0.39 is 0 Å². The molecule has 0 saturated heterocycles. The van der Waals surface area contributed by atoms with Crippen LogP contribution in [0.3, 0.4) is 0 Å². The molecule has 0 fully saturated rings. The van der Waals surface area contributed by atoms with Crippen LogP contribution in [0.2, 0.25) is 0 Å². The molecular formula is C10H14N. The number of hydrogen-bond acceptors (Lipinski definition) is 1. The minimum Gasteiger partial charge on any atom is -0.324 e. The molecule has 1 nitrogen and oxygen atoms in total. The molecule has 0 saturated carbocycles. The van der Waals surface area contributed by atoms with Crippen LogP contribution in [-0.2, 0) is 0 Å². The monoisotopic (exact) mass is 148 g/mol. The molecule has 0 aliphatic carbocycles. The third-order valence-electron chi connectivity index (χ3n) is 1.67. The number of nitrogens with two attached hydrogens (primary N) is 1. The number of rotatable bonds is 3. The van der Waals surface area contributed by atoms with Crippen LogP contribution in [-0.4, -0.2) is 0 Å². The van der Waals surface area contributed by atoms with E-state index in [0.29, 0.717) is 0 Å². The first-order chi connectivity index (χ1) is 5.34. The number of hydrogen-bond donors (Lipinski definition) is 1. The van der Waals surface area contributed by atoms with E-state index in [4.69, 9.17) is 5.73 Å². The Bertz CT molecular complexity index is 193. The second kappa shape index (κ2) is 4.14. The molecule has 0 aromatic heterocycles. The van der Waals surface area contributed by atoms with Gasteiger partial charge in [0.1, 0.15) is 0 Å². The van der Waals surface area contributed by atoms with Gasteiger partial charge in [0.2, 0.25) is 0 Å². The highest BCUT2D eigenvalue weighted by Gasteiger charge is 2.01. The first-order valence-corrected chi connectivity index (χ1v) is 3.98. The largest absolute Gasteiger partial charge is 0.324 e. The average molecular weight is 148 g/mol. The van der Waals surface area contributed by atoms with Crippen molar-refractivity contribution in [2.24, 2.45) is 5.73 Å². The van der Waals surface area contributed by atoms with E-state index in [1.54, 1.807) is 0 Å². The summed E-state index contributed by atoms with van der Waals surface area (Å²) >= 11 is 0. The second-order valence-electron chi connectivity index (χ2n) is 2.58. The summed E-state index contributed by atoms with van der Waals surface area (Å²) in [6.45, 7) is 2.10. The molecule has 2 N–H and O–H groups in total. The third-order valence-corrected chi connectivity index (χ3v) is 1.67. The fourth-order valence-corrected chi connectivity index (χ4v) is 1.07. The predicted molar refractivity (Wildman–Crippen MR) is 48.0 cm³/mol. The Labute approximate surface area is 68.2 Å². The SMILES string of the molecule is CC[CH]C(N)c1ccccc1. The van der Waals surface area contributed by atoms with Gasteiger partial charge in [0.25, 0.3) is 0 Å². The van der Waals surface area contributed by atoms with Crippen molar-refractivity contribution in [3.8, 4) is 0 Å². The topological polar surface area (TPSA) is 26.0 Å². The molecule has 0 amide bonds. The molecule has 1 aromatic rings. The van der Waals surface area contributed by atoms with Gasteiger partial charge in [-0.05, 0) is 12.0 Å².